The summed E-state index contributed by atoms with van der Waals surface area (Å²) in [6.07, 6.45) is 3.58. The molecule has 1 aromatic heterocycles. The Bertz CT molecular complexity index is 370. The fourth-order valence-electron chi connectivity index (χ4n) is 1.57. The first-order chi connectivity index (χ1) is 8.03. The van der Waals surface area contributed by atoms with Gasteiger partial charge in [-0.15, -0.1) is 10.2 Å². The number of aryl methyl sites for hydroxylation is 1. The number of nitrogens with two attached hydrogens (primary N) is 1. The molecule has 0 radical (unpaired) electrons. The predicted molar refractivity (Wildman–Crippen MR) is 65.2 cm³/mol. The van der Waals surface area contributed by atoms with Crippen molar-refractivity contribution in [3.8, 4) is 0 Å². The zero-order valence-corrected chi connectivity index (χ0v) is 10.7. The number of aromatic nitrogens is 3. The van der Waals surface area contributed by atoms with Gasteiger partial charge in [-0.1, -0.05) is 13.8 Å². The van der Waals surface area contributed by atoms with Gasteiger partial charge in [0.05, 0.1) is 5.54 Å². The third kappa shape index (κ3) is 3.26. The molecule has 0 saturated carbocycles. The van der Waals surface area contributed by atoms with Gasteiger partial charge in [-0.2, -0.15) is 0 Å². The third-order valence-electron chi connectivity index (χ3n) is 3.15. The van der Waals surface area contributed by atoms with Crippen LogP contribution in [0.25, 0.3) is 0 Å². The lowest BCUT2D eigenvalue weighted by Gasteiger charge is -2.25. The van der Waals surface area contributed by atoms with E-state index in [0.29, 0.717) is 25.8 Å². The Hall–Kier alpha value is -1.43. The van der Waals surface area contributed by atoms with Crippen LogP contribution in [-0.2, 0) is 18.3 Å². The van der Waals surface area contributed by atoms with Gasteiger partial charge >= 0.3 is 0 Å². The lowest BCUT2D eigenvalue weighted by molar-refractivity contribution is -0.126. The van der Waals surface area contributed by atoms with Crippen molar-refractivity contribution in [1.82, 2.24) is 20.1 Å². The molecule has 96 valence electrons. The van der Waals surface area contributed by atoms with Gasteiger partial charge in [0.1, 0.15) is 12.2 Å². The average molecular weight is 239 g/mol. The molecule has 17 heavy (non-hydrogen) atoms. The van der Waals surface area contributed by atoms with Crippen LogP contribution in [0.1, 0.15) is 32.5 Å². The fourth-order valence-corrected chi connectivity index (χ4v) is 1.57. The Kier molecular flexibility index (Phi) is 4.62. The number of carbonyl (C=O) groups is 1. The maximum atomic E-state index is 11.9. The van der Waals surface area contributed by atoms with E-state index in [-0.39, 0.29) is 5.91 Å². The van der Waals surface area contributed by atoms with Crippen molar-refractivity contribution in [1.29, 1.82) is 0 Å². The van der Waals surface area contributed by atoms with Crippen molar-refractivity contribution in [2.45, 2.75) is 38.6 Å². The van der Waals surface area contributed by atoms with Crippen molar-refractivity contribution < 1.29 is 4.79 Å². The van der Waals surface area contributed by atoms with Gasteiger partial charge in [-0.3, -0.25) is 4.79 Å². The monoisotopic (exact) mass is 239 g/mol. The summed E-state index contributed by atoms with van der Waals surface area (Å²) < 4.78 is 1.83. The second-order valence-electron chi connectivity index (χ2n) is 4.23. The number of nitrogens with one attached hydrogen (secondary N) is 1. The van der Waals surface area contributed by atoms with Crippen LogP contribution in [0.15, 0.2) is 6.33 Å². The molecule has 0 aliphatic carbocycles. The Morgan fingerprint density at radius 2 is 2.18 bits per heavy atom. The minimum atomic E-state index is -0.750. The second-order valence-corrected chi connectivity index (χ2v) is 4.23. The first-order valence-electron chi connectivity index (χ1n) is 5.93. The molecule has 0 saturated heterocycles. The first-order valence-corrected chi connectivity index (χ1v) is 5.93. The van der Waals surface area contributed by atoms with Gasteiger partial charge in [0.25, 0.3) is 0 Å². The summed E-state index contributed by atoms with van der Waals surface area (Å²) in [5.41, 5.74) is 5.23. The van der Waals surface area contributed by atoms with Crippen molar-refractivity contribution in [2.75, 3.05) is 6.54 Å². The lowest BCUT2D eigenvalue weighted by atomic mass is 9.93. The minimum Gasteiger partial charge on any atom is -0.354 e. The Balaban J connectivity index is 2.41. The SMILES string of the molecule is CCC(N)(CC)C(=O)NCCc1nncn1C. The number of rotatable bonds is 6. The van der Waals surface area contributed by atoms with Crippen LogP contribution in [0.4, 0.5) is 0 Å². The molecule has 0 aliphatic heterocycles. The quantitative estimate of drug-likeness (QED) is 0.731. The predicted octanol–water partition coefficient (Wildman–Crippen LogP) is -0.00870. The highest BCUT2D eigenvalue weighted by molar-refractivity contribution is 5.85. The van der Waals surface area contributed by atoms with Crippen LogP contribution < -0.4 is 11.1 Å². The summed E-state index contributed by atoms with van der Waals surface area (Å²) in [5, 5.41) is 10.6. The van der Waals surface area contributed by atoms with E-state index >= 15 is 0 Å². The van der Waals surface area contributed by atoms with E-state index in [9.17, 15) is 4.79 Å². The van der Waals surface area contributed by atoms with Crippen molar-refractivity contribution in [3.05, 3.63) is 12.2 Å². The van der Waals surface area contributed by atoms with E-state index in [0.717, 1.165) is 5.82 Å². The molecule has 6 nitrogen and oxygen atoms in total. The van der Waals surface area contributed by atoms with E-state index in [2.05, 4.69) is 15.5 Å². The second kappa shape index (κ2) is 5.77. The van der Waals surface area contributed by atoms with E-state index in [4.69, 9.17) is 5.73 Å². The van der Waals surface area contributed by atoms with Crippen molar-refractivity contribution in [3.63, 3.8) is 0 Å². The van der Waals surface area contributed by atoms with Crippen LogP contribution >= 0.6 is 0 Å². The van der Waals surface area contributed by atoms with E-state index in [1.54, 1.807) is 6.33 Å². The van der Waals surface area contributed by atoms with Crippen molar-refractivity contribution in [2.24, 2.45) is 12.8 Å². The van der Waals surface area contributed by atoms with Gasteiger partial charge in [-0.25, -0.2) is 0 Å². The summed E-state index contributed by atoms with van der Waals surface area (Å²) in [6.45, 7) is 4.38. The molecular weight excluding hydrogens is 218 g/mol. The molecule has 1 rings (SSSR count). The molecule has 1 aromatic rings. The molecule has 1 heterocycles. The Morgan fingerprint density at radius 3 is 2.65 bits per heavy atom. The van der Waals surface area contributed by atoms with Gasteiger partial charge < -0.3 is 15.6 Å². The highest BCUT2D eigenvalue weighted by atomic mass is 16.2. The van der Waals surface area contributed by atoms with Crippen molar-refractivity contribution >= 4 is 5.91 Å². The van der Waals surface area contributed by atoms with Gasteiger partial charge in [-0.05, 0) is 12.8 Å². The number of hydrogen-bond acceptors (Lipinski definition) is 4. The summed E-state index contributed by atoms with van der Waals surface area (Å²) in [4.78, 5) is 11.9. The largest absolute Gasteiger partial charge is 0.354 e. The number of nitrogens with zero attached hydrogens (tertiary/aromatic N) is 3. The Labute approximate surface area is 102 Å². The van der Waals surface area contributed by atoms with Crippen LogP contribution in [0, 0.1) is 0 Å². The molecule has 0 aliphatic rings. The molecule has 0 fully saturated rings. The molecule has 3 N–H and O–H groups in total. The topological polar surface area (TPSA) is 85.8 Å². The Morgan fingerprint density at radius 1 is 1.53 bits per heavy atom. The molecule has 1 amide bonds. The zero-order valence-electron chi connectivity index (χ0n) is 10.7. The maximum Gasteiger partial charge on any atom is 0.240 e. The summed E-state index contributed by atoms with van der Waals surface area (Å²) >= 11 is 0. The average Bonchev–Trinajstić information content (AvgIpc) is 2.74. The van der Waals surface area contributed by atoms with E-state index < -0.39 is 5.54 Å². The summed E-state index contributed by atoms with van der Waals surface area (Å²) in [5.74, 6) is 0.755. The molecule has 0 spiro atoms. The van der Waals surface area contributed by atoms with E-state index in [1.807, 2.05) is 25.5 Å². The number of amides is 1. The molecule has 0 bridgehead atoms. The molecule has 0 unspecified atom stereocenters. The van der Waals surface area contributed by atoms with Crippen LogP contribution in [0.5, 0.6) is 0 Å². The minimum absolute atomic E-state index is 0.0929. The highest BCUT2D eigenvalue weighted by Gasteiger charge is 2.29. The summed E-state index contributed by atoms with van der Waals surface area (Å²) in [6, 6.07) is 0. The first kappa shape index (κ1) is 13.6. The molecule has 0 atom stereocenters. The van der Waals surface area contributed by atoms with E-state index in [1.165, 1.54) is 0 Å². The normalized spacial score (nSPS) is 11.5. The highest BCUT2D eigenvalue weighted by Crippen LogP contribution is 2.10. The molecule has 6 heteroatoms. The van der Waals surface area contributed by atoms with Crippen LogP contribution in [0.3, 0.4) is 0 Å². The van der Waals surface area contributed by atoms with Gasteiger partial charge in [0, 0.05) is 20.0 Å². The standard InChI is InChI=1S/C11H21N5O/c1-4-11(12,5-2)10(17)13-7-6-9-15-14-8-16(9)3/h8H,4-7,12H2,1-3H3,(H,13,17). The smallest absolute Gasteiger partial charge is 0.240 e. The molecular formula is C11H21N5O. The lowest BCUT2D eigenvalue weighted by Crippen LogP contribution is -2.53. The summed E-state index contributed by atoms with van der Waals surface area (Å²) in [7, 11) is 1.88. The fraction of sp³-hybridized carbons (Fsp3) is 0.727. The van der Waals surface area contributed by atoms with Crippen LogP contribution in [0.2, 0.25) is 0 Å². The van der Waals surface area contributed by atoms with Gasteiger partial charge in [0.15, 0.2) is 0 Å². The zero-order chi connectivity index (χ0) is 12.9. The number of hydrogen-bond donors (Lipinski definition) is 2. The molecule has 0 aromatic carbocycles. The third-order valence-corrected chi connectivity index (χ3v) is 3.15. The number of carbonyl (C=O) groups excluding carboxylic acids is 1. The van der Waals surface area contributed by atoms with Crippen LogP contribution in [-0.4, -0.2) is 32.8 Å². The van der Waals surface area contributed by atoms with Gasteiger partial charge in [0.2, 0.25) is 5.91 Å². The maximum absolute atomic E-state index is 11.9.